The molecule has 0 fully saturated rings. The van der Waals surface area contributed by atoms with Crippen molar-refractivity contribution in [3.63, 3.8) is 0 Å². The maximum atomic E-state index is 10.9. The molecule has 0 bridgehead atoms. The first-order valence-electron chi connectivity index (χ1n) is 4.91. The van der Waals surface area contributed by atoms with Gasteiger partial charge in [-0.3, -0.25) is 4.79 Å². The van der Waals surface area contributed by atoms with Crippen LogP contribution in [0.5, 0.6) is 0 Å². The Bertz CT molecular complexity index is 320. The van der Waals surface area contributed by atoms with E-state index >= 15 is 0 Å². The van der Waals surface area contributed by atoms with E-state index < -0.39 is 0 Å². The molecule has 1 rings (SSSR count). The number of benzene rings is 1. The standard InChI is InChI=1S/C12H17NO/c1-9-4-3-5-11(8-9)6-7-12(13)10(2)14/h3-5,8,12H,6-7,13H2,1-2H3/t12-/m0/s1. The van der Waals surface area contributed by atoms with Crippen molar-refractivity contribution in [2.24, 2.45) is 5.73 Å². The van der Waals surface area contributed by atoms with Gasteiger partial charge in [0, 0.05) is 0 Å². The van der Waals surface area contributed by atoms with Gasteiger partial charge in [0.15, 0.2) is 0 Å². The van der Waals surface area contributed by atoms with E-state index in [0.29, 0.717) is 0 Å². The molecule has 0 heterocycles. The SMILES string of the molecule is CC(=O)[C@@H](N)CCc1cccc(C)c1. The molecule has 0 radical (unpaired) electrons. The van der Waals surface area contributed by atoms with Crippen LogP contribution in [0.2, 0.25) is 0 Å². The van der Waals surface area contributed by atoms with Gasteiger partial charge >= 0.3 is 0 Å². The van der Waals surface area contributed by atoms with Crippen molar-refractivity contribution < 1.29 is 4.79 Å². The third kappa shape index (κ3) is 3.30. The molecule has 0 amide bonds. The Kier molecular flexibility index (Phi) is 3.84. The summed E-state index contributed by atoms with van der Waals surface area (Å²) in [5.74, 6) is 0.0673. The zero-order valence-electron chi connectivity index (χ0n) is 8.79. The van der Waals surface area contributed by atoms with Crippen molar-refractivity contribution in [2.75, 3.05) is 0 Å². The van der Waals surface area contributed by atoms with Crippen LogP contribution < -0.4 is 5.73 Å². The zero-order valence-corrected chi connectivity index (χ0v) is 8.79. The van der Waals surface area contributed by atoms with Crippen molar-refractivity contribution in [2.45, 2.75) is 32.7 Å². The molecular formula is C12H17NO. The fourth-order valence-corrected chi connectivity index (χ4v) is 1.39. The summed E-state index contributed by atoms with van der Waals surface area (Å²) in [7, 11) is 0. The largest absolute Gasteiger partial charge is 0.322 e. The van der Waals surface area contributed by atoms with Gasteiger partial charge in [0.05, 0.1) is 6.04 Å². The second-order valence-electron chi connectivity index (χ2n) is 3.74. The van der Waals surface area contributed by atoms with Crippen LogP contribution in [0, 0.1) is 6.92 Å². The van der Waals surface area contributed by atoms with Gasteiger partial charge in [0.2, 0.25) is 0 Å². The molecule has 0 saturated carbocycles. The van der Waals surface area contributed by atoms with Crippen molar-refractivity contribution in [3.8, 4) is 0 Å². The minimum atomic E-state index is -0.310. The lowest BCUT2D eigenvalue weighted by Gasteiger charge is -2.07. The molecule has 0 unspecified atom stereocenters. The molecule has 76 valence electrons. The third-order valence-electron chi connectivity index (χ3n) is 2.35. The maximum Gasteiger partial charge on any atom is 0.146 e. The molecule has 0 aliphatic rings. The Morgan fingerprint density at radius 1 is 1.50 bits per heavy atom. The molecule has 14 heavy (non-hydrogen) atoms. The quantitative estimate of drug-likeness (QED) is 0.789. The van der Waals surface area contributed by atoms with Crippen LogP contribution in [0.3, 0.4) is 0 Å². The van der Waals surface area contributed by atoms with Gasteiger partial charge in [0.25, 0.3) is 0 Å². The highest BCUT2D eigenvalue weighted by atomic mass is 16.1. The van der Waals surface area contributed by atoms with Gasteiger partial charge in [-0.1, -0.05) is 29.8 Å². The van der Waals surface area contributed by atoms with E-state index in [2.05, 4.69) is 25.1 Å². The second-order valence-corrected chi connectivity index (χ2v) is 3.74. The first kappa shape index (κ1) is 10.9. The van der Waals surface area contributed by atoms with E-state index in [4.69, 9.17) is 5.73 Å². The van der Waals surface area contributed by atoms with Crippen LogP contribution >= 0.6 is 0 Å². The number of ketones is 1. The average Bonchev–Trinajstić information content (AvgIpc) is 2.14. The lowest BCUT2D eigenvalue weighted by molar-refractivity contribution is -0.118. The number of hydrogen-bond acceptors (Lipinski definition) is 2. The highest BCUT2D eigenvalue weighted by Crippen LogP contribution is 2.07. The van der Waals surface area contributed by atoms with E-state index in [1.807, 2.05) is 6.07 Å². The average molecular weight is 191 g/mol. The summed E-state index contributed by atoms with van der Waals surface area (Å²) in [6, 6.07) is 7.99. The summed E-state index contributed by atoms with van der Waals surface area (Å²) < 4.78 is 0. The lowest BCUT2D eigenvalue weighted by Crippen LogP contribution is -2.28. The topological polar surface area (TPSA) is 43.1 Å². The molecule has 1 aromatic carbocycles. The maximum absolute atomic E-state index is 10.9. The van der Waals surface area contributed by atoms with Crippen LogP contribution in [-0.4, -0.2) is 11.8 Å². The van der Waals surface area contributed by atoms with E-state index in [0.717, 1.165) is 12.8 Å². The van der Waals surface area contributed by atoms with Gasteiger partial charge < -0.3 is 5.73 Å². The molecule has 0 spiro atoms. The van der Waals surface area contributed by atoms with Crippen molar-refractivity contribution in [3.05, 3.63) is 35.4 Å². The molecule has 0 aromatic heterocycles. The minimum absolute atomic E-state index is 0.0673. The summed E-state index contributed by atoms with van der Waals surface area (Å²) in [6.07, 6.45) is 1.61. The Hall–Kier alpha value is -1.15. The van der Waals surface area contributed by atoms with Gasteiger partial charge in [0.1, 0.15) is 5.78 Å². The van der Waals surface area contributed by atoms with Crippen LogP contribution in [0.25, 0.3) is 0 Å². The molecule has 2 heteroatoms. The van der Waals surface area contributed by atoms with Crippen LogP contribution in [0.4, 0.5) is 0 Å². The van der Waals surface area contributed by atoms with Crippen molar-refractivity contribution >= 4 is 5.78 Å². The summed E-state index contributed by atoms with van der Waals surface area (Å²) in [6.45, 7) is 3.61. The normalized spacial score (nSPS) is 12.5. The molecule has 2 N–H and O–H groups in total. The molecule has 2 nitrogen and oxygen atoms in total. The Balaban J connectivity index is 2.49. The van der Waals surface area contributed by atoms with Crippen LogP contribution in [0.15, 0.2) is 24.3 Å². The number of aryl methyl sites for hydroxylation is 2. The number of Topliss-reactive ketones (excluding diaryl/α,β-unsaturated/α-hetero) is 1. The van der Waals surface area contributed by atoms with Gasteiger partial charge in [-0.05, 0) is 32.3 Å². The fourth-order valence-electron chi connectivity index (χ4n) is 1.39. The first-order valence-corrected chi connectivity index (χ1v) is 4.91. The van der Waals surface area contributed by atoms with Gasteiger partial charge in [-0.15, -0.1) is 0 Å². The van der Waals surface area contributed by atoms with Crippen molar-refractivity contribution in [1.29, 1.82) is 0 Å². The third-order valence-corrected chi connectivity index (χ3v) is 2.35. The summed E-state index contributed by atoms with van der Waals surface area (Å²) in [5, 5.41) is 0. The summed E-state index contributed by atoms with van der Waals surface area (Å²) >= 11 is 0. The first-order chi connectivity index (χ1) is 6.59. The van der Waals surface area contributed by atoms with Crippen LogP contribution in [0.1, 0.15) is 24.5 Å². The predicted octanol–water partition coefficient (Wildman–Crippen LogP) is 1.84. The Morgan fingerprint density at radius 2 is 2.21 bits per heavy atom. The number of carbonyl (C=O) groups is 1. The lowest BCUT2D eigenvalue weighted by atomic mass is 10.0. The van der Waals surface area contributed by atoms with Gasteiger partial charge in [-0.25, -0.2) is 0 Å². The monoisotopic (exact) mass is 191 g/mol. The molecular weight excluding hydrogens is 174 g/mol. The van der Waals surface area contributed by atoms with Crippen LogP contribution in [-0.2, 0) is 11.2 Å². The minimum Gasteiger partial charge on any atom is -0.322 e. The summed E-state index contributed by atoms with van der Waals surface area (Å²) in [5.41, 5.74) is 8.15. The number of hydrogen-bond donors (Lipinski definition) is 1. The number of rotatable bonds is 4. The van der Waals surface area contributed by atoms with Crippen molar-refractivity contribution in [1.82, 2.24) is 0 Å². The second kappa shape index (κ2) is 4.91. The molecule has 0 aliphatic carbocycles. The fraction of sp³-hybridized carbons (Fsp3) is 0.417. The summed E-state index contributed by atoms with van der Waals surface area (Å²) in [4.78, 5) is 10.9. The van der Waals surface area contributed by atoms with E-state index in [1.54, 1.807) is 6.92 Å². The smallest absolute Gasteiger partial charge is 0.146 e. The number of carbonyl (C=O) groups excluding carboxylic acids is 1. The molecule has 0 saturated heterocycles. The molecule has 1 aromatic rings. The van der Waals surface area contributed by atoms with E-state index in [9.17, 15) is 4.79 Å². The molecule has 0 aliphatic heterocycles. The predicted molar refractivity (Wildman–Crippen MR) is 58.2 cm³/mol. The van der Waals surface area contributed by atoms with E-state index in [-0.39, 0.29) is 11.8 Å². The highest BCUT2D eigenvalue weighted by molar-refractivity contribution is 5.81. The van der Waals surface area contributed by atoms with Gasteiger partial charge in [-0.2, -0.15) is 0 Å². The number of nitrogens with two attached hydrogens (primary N) is 1. The zero-order chi connectivity index (χ0) is 10.6. The highest BCUT2D eigenvalue weighted by Gasteiger charge is 2.07. The van der Waals surface area contributed by atoms with E-state index in [1.165, 1.54) is 11.1 Å². The Labute approximate surface area is 85.1 Å². The molecule has 1 atom stereocenters. The Morgan fingerprint density at radius 3 is 2.79 bits per heavy atom.